The van der Waals surface area contributed by atoms with Crippen LogP contribution in [0.3, 0.4) is 0 Å². The summed E-state index contributed by atoms with van der Waals surface area (Å²) < 4.78 is 40.4. The molecule has 0 saturated heterocycles. The number of halogens is 3. The molecule has 3 N–H and O–H groups in total. The van der Waals surface area contributed by atoms with Crippen LogP contribution in [0.5, 0.6) is 0 Å². The van der Waals surface area contributed by atoms with Gasteiger partial charge in [-0.25, -0.2) is 13.2 Å². The number of nitrogens with one attached hydrogen (secondary N) is 3. The number of aromatic amines is 1. The Morgan fingerprint density at radius 1 is 1.11 bits per heavy atom. The van der Waals surface area contributed by atoms with Crippen molar-refractivity contribution in [3.05, 3.63) is 71.2 Å². The minimum atomic E-state index is -0.610. The van der Waals surface area contributed by atoms with Crippen molar-refractivity contribution >= 4 is 16.9 Å². The van der Waals surface area contributed by atoms with Gasteiger partial charge in [0.15, 0.2) is 5.96 Å². The summed E-state index contributed by atoms with van der Waals surface area (Å²) in [7, 11) is 1.62. The van der Waals surface area contributed by atoms with Crippen molar-refractivity contribution < 1.29 is 13.2 Å². The van der Waals surface area contributed by atoms with E-state index in [1.807, 2.05) is 6.20 Å². The quantitative estimate of drug-likeness (QED) is 0.466. The molecule has 0 aliphatic heterocycles. The van der Waals surface area contributed by atoms with E-state index in [9.17, 15) is 13.2 Å². The van der Waals surface area contributed by atoms with E-state index in [1.165, 1.54) is 24.3 Å². The fourth-order valence-electron chi connectivity index (χ4n) is 3.00. The second-order valence-corrected chi connectivity index (χ2v) is 6.28. The molecule has 1 aromatic heterocycles. The Bertz CT molecular complexity index is 965. The molecule has 3 aromatic rings. The van der Waals surface area contributed by atoms with E-state index < -0.39 is 11.6 Å². The highest BCUT2D eigenvalue weighted by molar-refractivity contribution is 5.83. The van der Waals surface area contributed by atoms with Crippen molar-refractivity contribution in [3.8, 4) is 0 Å². The van der Waals surface area contributed by atoms with Crippen molar-refractivity contribution in [2.45, 2.75) is 19.4 Å². The SMILES string of the molecule is CN=C(NCCc1c[nH]c2ccc(F)cc12)NC(C)c1ccc(F)cc1F. The molecular formula is C20H21F3N4. The van der Waals surface area contributed by atoms with Crippen molar-refractivity contribution in [2.24, 2.45) is 4.99 Å². The standard InChI is InChI=1S/C20H21F3N4/c1-12(16-5-3-15(22)10-18(16)23)27-20(24-2)25-8-7-13-11-26-19-6-4-14(21)9-17(13)19/h3-6,9-12,26H,7-8H2,1-2H3,(H2,24,25,27). The van der Waals surface area contributed by atoms with Gasteiger partial charge in [0.2, 0.25) is 0 Å². The molecule has 7 heteroatoms. The first-order valence-corrected chi connectivity index (χ1v) is 8.65. The lowest BCUT2D eigenvalue weighted by Crippen LogP contribution is -2.39. The summed E-state index contributed by atoms with van der Waals surface area (Å²) in [6.45, 7) is 2.33. The third-order valence-electron chi connectivity index (χ3n) is 4.42. The number of H-pyrrole nitrogens is 1. The Labute approximate surface area is 155 Å². The Balaban J connectivity index is 1.59. The molecule has 1 unspecified atom stereocenters. The molecule has 0 saturated carbocycles. The summed E-state index contributed by atoms with van der Waals surface area (Å²) in [6, 6.07) is 7.75. The first-order valence-electron chi connectivity index (χ1n) is 8.65. The number of guanidine groups is 1. The number of nitrogens with zero attached hydrogens (tertiary/aromatic N) is 1. The number of benzene rings is 2. The lowest BCUT2D eigenvalue weighted by molar-refractivity contribution is 0.551. The van der Waals surface area contributed by atoms with Gasteiger partial charge < -0.3 is 15.6 Å². The number of aromatic nitrogens is 1. The molecule has 0 radical (unpaired) electrons. The molecule has 0 bridgehead atoms. The number of fused-ring (bicyclic) bond motifs is 1. The van der Waals surface area contributed by atoms with Crippen LogP contribution in [0.2, 0.25) is 0 Å². The highest BCUT2D eigenvalue weighted by Gasteiger charge is 2.13. The van der Waals surface area contributed by atoms with Gasteiger partial charge >= 0.3 is 0 Å². The molecule has 0 spiro atoms. The maximum absolute atomic E-state index is 13.9. The fourth-order valence-corrected chi connectivity index (χ4v) is 3.00. The van der Waals surface area contributed by atoms with Gasteiger partial charge in [-0.05, 0) is 43.2 Å². The summed E-state index contributed by atoms with van der Waals surface area (Å²) in [5.74, 6) is -0.992. The highest BCUT2D eigenvalue weighted by Crippen LogP contribution is 2.20. The zero-order chi connectivity index (χ0) is 19.4. The van der Waals surface area contributed by atoms with Crippen molar-refractivity contribution in [1.82, 2.24) is 15.6 Å². The predicted octanol–water partition coefficient (Wildman–Crippen LogP) is 4.05. The molecule has 0 amide bonds. The third kappa shape index (κ3) is 4.42. The zero-order valence-corrected chi connectivity index (χ0v) is 15.1. The van der Waals surface area contributed by atoms with Crippen LogP contribution in [0.15, 0.2) is 47.6 Å². The van der Waals surface area contributed by atoms with Gasteiger partial charge in [0.25, 0.3) is 0 Å². The topological polar surface area (TPSA) is 52.2 Å². The fraction of sp³-hybridized carbons (Fsp3) is 0.250. The smallest absolute Gasteiger partial charge is 0.191 e. The number of rotatable bonds is 5. The van der Waals surface area contributed by atoms with Crippen LogP contribution in [-0.4, -0.2) is 24.5 Å². The van der Waals surface area contributed by atoms with Crippen LogP contribution in [0, 0.1) is 17.5 Å². The molecule has 0 fully saturated rings. The molecule has 4 nitrogen and oxygen atoms in total. The van der Waals surface area contributed by atoms with E-state index in [0.717, 1.165) is 22.5 Å². The van der Waals surface area contributed by atoms with Gasteiger partial charge in [0.05, 0.1) is 6.04 Å². The second kappa shape index (κ2) is 8.16. The van der Waals surface area contributed by atoms with E-state index in [-0.39, 0.29) is 11.9 Å². The molecule has 0 aliphatic carbocycles. The molecule has 3 rings (SSSR count). The van der Waals surface area contributed by atoms with Gasteiger partial charge in [-0.3, -0.25) is 4.99 Å². The summed E-state index contributed by atoms with van der Waals surface area (Å²) in [6.07, 6.45) is 2.52. The molecule has 142 valence electrons. The van der Waals surface area contributed by atoms with E-state index >= 15 is 0 Å². The Morgan fingerprint density at radius 3 is 2.59 bits per heavy atom. The second-order valence-electron chi connectivity index (χ2n) is 6.28. The van der Waals surface area contributed by atoms with Crippen molar-refractivity contribution in [1.29, 1.82) is 0 Å². The molecule has 0 aliphatic rings. The Morgan fingerprint density at radius 2 is 1.85 bits per heavy atom. The maximum Gasteiger partial charge on any atom is 0.191 e. The minimum absolute atomic E-state index is 0.274. The van der Waals surface area contributed by atoms with Gasteiger partial charge in [-0.1, -0.05) is 6.07 Å². The van der Waals surface area contributed by atoms with Gasteiger partial charge in [-0.15, -0.1) is 0 Å². The van der Waals surface area contributed by atoms with E-state index in [0.29, 0.717) is 24.5 Å². The van der Waals surface area contributed by atoms with E-state index in [1.54, 1.807) is 20.0 Å². The highest BCUT2D eigenvalue weighted by atomic mass is 19.1. The Hall–Kier alpha value is -2.96. The zero-order valence-electron chi connectivity index (χ0n) is 15.1. The minimum Gasteiger partial charge on any atom is -0.361 e. The molecule has 1 atom stereocenters. The van der Waals surface area contributed by atoms with Crippen LogP contribution < -0.4 is 10.6 Å². The van der Waals surface area contributed by atoms with E-state index in [2.05, 4.69) is 20.6 Å². The number of hydrogen-bond donors (Lipinski definition) is 3. The maximum atomic E-state index is 13.9. The lowest BCUT2D eigenvalue weighted by atomic mass is 10.1. The molecule has 1 heterocycles. The van der Waals surface area contributed by atoms with Crippen molar-refractivity contribution in [3.63, 3.8) is 0 Å². The van der Waals surface area contributed by atoms with Crippen LogP contribution in [0.4, 0.5) is 13.2 Å². The van der Waals surface area contributed by atoms with Crippen LogP contribution >= 0.6 is 0 Å². The largest absolute Gasteiger partial charge is 0.361 e. The monoisotopic (exact) mass is 374 g/mol. The summed E-state index contributed by atoms with van der Waals surface area (Å²) in [4.78, 5) is 7.25. The number of aliphatic imine (C=N–C) groups is 1. The first kappa shape index (κ1) is 18.8. The molecular weight excluding hydrogens is 353 g/mol. The van der Waals surface area contributed by atoms with Crippen molar-refractivity contribution in [2.75, 3.05) is 13.6 Å². The average Bonchev–Trinajstić information content (AvgIpc) is 3.02. The lowest BCUT2D eigenvalue weighted by Gasteiger charge is -2.18. The molecule has 27 heavy (non-hydrogen) atoms. The predicted molar refractivity (Wildman–Crippen MR) is 101 cm³/mol. The van der Waals surface area contributed by atoms with Crippen LogP contribution in [0.1, 0.15) is 24.1 Å². The summed E-state index contributed by atoms with van der Waals surface area (Å²) >= 11 is 0. The van der Waals surface area contributed by atoms with Gasteiger partial charge in [0.1, 0.15) is 17.5 Å². The van der Waals surface area contributed by atoms with Crippen LogP contribution in [0.25, 0.3) is 10.9 Å². The summed E-state index contributed by atoms with van der Waals surface area (Å²) in [5, 5.41) is 7.08. The van der Waals surface area contributed by atoms with Crippen LogP contribution in [-0.2, 0) is 6.42 Å². The molecule has 2 aromatic carbocycles. The first-order chi connectivity index (χ1) is 13.0. The van der Waals surface area contributed by atoms with Gasteiger partial charge in [0, 0.05) is 42.3 Å². The number of hydrogen-bond acceptors (Lipinski definition) is 1. The average molecular weight is 374 g/mol. The van der Waals surface area contributed by atoms with Gasteiger partial charge in [-0.2, -0.15) is 0 Å². The summed E-state index contributed by atoms with van der Waals surface area (Å²) in [5.41, 5.74) is 2.23. The normalized spacial score (nSPS) is 13.0. The third-order valence-corrected chi connectivity index (χ3v) is 4.42. The van der Waals surface area contributed by atoms with E-state index in [4.69, 9.17) is 0 Å². The Kier molecular flexibility index (Phi) is 5.69.